The molecule has 0 saturated heterocycles. The van der Waals surface area contributed by atoms with Crippen LogP contribution in [0.1, 0.15) is 0 Å². The van der Waals surface area contributed by atoms with E-state index in [1.54, 1.807) is 0 Å². The van der Waals surface area contributed by atoms with Crippen LogP contribution in [0.4, 0.5) is 0 Å². The molecule has 0 amide bonds. The summed E-state index contributed by atoms with van der Waals surface area (Å²) in [4.78, 5) is 7.10. The molecule has 0 aliphatic rings. The number of rotatable bonds is 0. The van der Waals surface area contributed by atoms with Gasteiger partial charge >= 0.3 is 0 Å². The zero-order valence-electron chi connectivity index (χ0n) is 1.84. The molecule has 0 aromatic rings. The zero-order valence-corrected chi connectivity index (χ0v) is 4.71. The van der Waals surface area contributed by atoms with Crippen molar-refractivity contribution in [3.63, 3.8) is 0 Å². The van der Waals surface area contributed by atoms with Crippen LogP contribution in [-0.4, -0.2) is 4.89 Å². The molecule has 0 radical (unpaired) electrons. The van der Waals surface area contributed by atoms with E-state index in [1.807, 2.05) is 0 Å². The Morgan fingerprint density at radius 1 is 1.75 bits per heavy atom. The van der Waals surface area contributed by atoms with E-state index in [9.17, 15) is 0 Å². The van der Waals surface area contributed by atoms with E-state index in [1.165, 1.54) is 0 Å². The van der Waals surface area contributed by atoms with Crippen molar-refractivity contribution >= 4 is 25.7 Å². The molecular formula is H4BrO2P. The summed E-state index contributed by atoms with van der Waals surface area (Å²) >= 11 is 0. The largest absolute Gasteiger partial charge is 0.348 e. The van der Waals surface area contributed by atoms with Crippen LogP contribution in [0.15, 0.2) is 0 Å². The van der Waals surface area contributed by atoms with E-state index in [-0.39, 0.29) is 17.0 Å². The highest BCUT2D eigenvalue weighted by atomic mass is 79.9. The van der Waals surface area contributed by atoms with E-state index in [2.05, 4.69) is 0 Å². The second kappa shape index (κ2) is 9.38. The van der Waals surface area contributed by atoms with Crippen LogP contribution in [0.2, 0.25) is 0 Å². The summed E-state index contributed by atoms with van der Waals surface area (Å²) in [5.41, 5.74) is 0. The van der Waals surface area contributed by atoms with Gasteiger partial charge in [-0.1, -0.05) is 0 Å². The third-order valence-corrected chi connectivity index (χ3v) is 0. The van der Waals surface area contributed by atoms with E-state index in [0.717, 1.165) is 0 Å². The summed E-state index contributed by atoms with van der Waals surface area (Å²) in [6, 6.07) is 0. The first-order valence-corrected chi connectivity index (χ1v) is 1.48. The summed E-state index contributed by atoms with van der Waals surface area (Å²) in [6.45, 7) is 0. The SMILES string of the molecule is Br.O=[PH2]O. The average Bonchev–Trinajstić information content (AvgIpc) is 0.918. The molecule has 0 heterocycles. The van der Waals surface area contributed by atoms with E-state index >= 15 is 0 Å². The van der Waals surface area contributed by atoms with Gasteiger partial charge in [-0.2, -0.15) is 0 Å². The predicted molar refractivity (Wildman–Crippen MR) is 22.9 cm³/mol. The van der Waals surface area contributed by atoms with Gasteiger partial charge in [-0.15, -0.1) is 17.0 Å². The minimum atomic E-state index is -1.50. The van der Waals surface area contributed by atoms with Crippen LogP contribution in [0, 0.1) is 0 Å². The maximum atomic E-state index is 8.57. The van der Waals surface area contributed by atoms with E-state index in [0.29, 0.717) is 0 Å². The lowest BCUT2D eigenvalue weighted by Crippen LogP contribution is -1.03. The molecule has 0 aliphatic carbocycles. The molecule has 1 atom stereocenters. The Morgan fingerprint density at radius 3 is 1.75 bits per heavy atom. The predicted octanol–water partition coefficient (Wildman–Crippen LogP) is 0.228. The van der Waals surface area contributed by atoms with Crippen molar-refractivity contribution in [1.29, 1.82) is 0 Å². The van der Waals surface area contributed by atoms with E-state index in [4.69, 9.17) is 9.46 Å². The Morgan fingerprint density at radius 2 is 1.75 bits per heavy atom. The van der Waals surface area contributed by atoms with Crippen molar-refractivity contribution in [3.05, 3.63) is 0 Å². The lowest BCUT2D eigenvalue weighted by Gasteiger charge is -1.33. The van der Waals surface area contributed by atoms with Gasteiger partial charge in [0, 0.05) is 0 Å². The van der Waals surface area contributed by atoms with Crippen LogP contribution >= 0.6 is 25.7 Å². The summed E-state index contributed by atoms with van der Waals surface area (Å²) in [6.07, 6.45) is 0. The van der Waals surface area contributed by atoms with Gasteiger partial charge in [0.05, 0.1) is 0 Å². The number of halogens is 1. The third kappa shape index (κ3) is 16.6. The standard InChI is InChI=1S/BrH.H3O2P/c;1-3-2/h1H;3H2,(H,1,2). The smallest absolute Gasteiger partial charge is 0.177 e. The first kappa shape index (κ1) is 8.82. The molecule has 0 aliphatic heterocycles. The van der Waals surface area contributed by atoms with Crippen LogP contribution in [0.5, 0.6) is 0 Å². The van der Waals surface area contributed by atoms with Gasteiger partial charge in [-0.05, 0) is 0 Å². The molecule has 0 spiro atoms. The normalized spacial score (nSPS) is 7.25. The maximum absolute atomic E-state index is 8.57. The fourth-order valence-corrected chi connectivity index (χ4v) is 0. The highest BCUT2D eigenvalue weighted by Crippen LogP contribution is 1.66. The highest BCUT2D eigenvalue weighted by molar-refractivity contribution is 8.93. The quantitative estimate of drug-likeness (QED) is 0.497. The first-order valence-electron chi connectivity index (χ1n) is 0.494. The third-order valence-electron chi connectivity index (χ3n) is 0. The van der Waals surface area contributed by atoms with Crippen molar-refractivity contribution in [2.75, 3.05) is 0 Å². The van der Waals surface area contributed by atoms with E-state index < -0.39 is 8.69 Å². The molecule has 4 heavy (non-hydrogen) atoms. The lowest BCUT2D eigenvalue weighted by atomic mass is 15.9. The Kier molecular flexibility index (Phi) is 20.7. The molecule has 0 saturated carbocycles. The van der Waals surface area contributed by atoms with Crippen molar-refractivity contribution in [1.82, 2.24) is 0 Å². The molecule has 0 fully saturated rings. The molecular weight excluding hydrogens is 143 g/mol. The number of hydrogen-bond donors (Lipinski definition) is 1. The molecule has 0 rings (SSSR count). The summed E-state index contributed by atoms with van der Waals surface area (Å²) in [5, 5.41) is 0. The van der Waals surface area contributed by atoms with Crippen LogP contribution in [0.25, 0.3) is 0 Å². The summed E-state index contributed by atoms with van der Waals surface area (Å²) < 4.78 is 8.57. The molecule has 4 heteroatoms. The van der Waals surface area contributed by atoms with Gasteiger partial charge < -0.3 is 4.89 Å². The second-order valence-electron chi connectivity index (χ2n) is 0.105. The van der Waals surface area contributed by atoms with Gasteiger partial charge in [-0.25, -0.2) is 0 Å². The van der Waals surface area contributed by atoms with Gasteiger partial charge in [0.25, 0.3) is 0 Å². The molecule has 1 unspecified atom stereocenters. The van der Waals surface area contributed by atoms with Gasteiger partial charge in [-0.3, -0.25) is 4.57 Å². The second-order valence-corrected chi connectivity index (χ2v) is 0.316. The van der Waals surface area contributed by atoms with Gasteiger partial charge in [0.15, 0.2) is 8.69 Å². The van der Waals surface area contributed by atoms with Crippen molar-refractivity contribution < 1.29 is 9.46 Å². The van der Waals surface area contributed by atoms with Crippen molar-refractivity contribution in [2.24, 2.45) is 0 Å². The maximum Gasteiger partial charge on any atom is 0.177 e. The topological polar surface area (TPSA) is 37.3 Å². The summed E-state index contributed by atoms with van der Waals surface area (Å²) in [5.74, 6) is 0. The van der Waals surface area contributed by atoms with Crippen LogP contribution < -0.4 is 0 Å². The zero-order chi connectivity index (χ0) is 2.71. The first-order chi connectivity index (χ1) is 1.41. The monoisotopic (exact) mass is 146 g/mol. The van der Waals surface area contributed by atoms with Crippen LogP contribution in [-0.2, 0) is 4.57 Å². The van der Waals surface area contributed by atoms with Crippen molar-refractivity contribution in [3.8, 4) is 0 Å². The Labute approximate surface area is 35.9 Å². The van der Waals surface area contributed by atoms with Crippen molar-refractivity contribution in [2.45, 2.75) is 0 Å². The number of hydrogen-bond acceptors (Lipinski definition) is 1. The minimum absolute atomic E-state index is 0. The minimum Gasteiger partial charge on any atom is -0.348 e. The molecule has 0 aromatic carbocycles. The fourth-order valence-electron chi connectivity index (χ4n) is 0. The Balaban J connectivity index is 0. The average molecular weight is 147 g/mol. The fraction of sp³-hybridized carbons (Fsp3) is 0. The Hall–Kier alpha value is 0.670. The molecule has 0 aromatic heterocycles. The molecule has 2 nitrogen and oxygen atoms in total. The lowest BCUT2D eigenvalue weighted by molar-refractivity contribution is 0.524. The van der Waals surface area contributed by atoms with Crippen LogP contribution in [0.3, 0.4) is 0 Å². The molecule has 1 N–H and O–H groups in total. The summed E-state index contributed by atoms with van der Waals surface area (Å²) in [7, 11) is -1.50. The molecule has 28 valence electrons. The van der Waals surface area contributed by atoms with Gasteiger partial charge in [0.2, 0.25) is 0 Å². The molecule has 0 bridgehead atoms. The highest BCUT2D eigenvalue weighted by Gasteiger charge is 1.17. The van der Waals surface area contributed by atoms with Gasteiger partial charge in [0.1, 0.15) is 0 Å². The Bertz CT molecular complexity index is 13.5.